The third-order valence-corrected chi connectivity index (χ3v) is 4.62. The highest BCUT2D eigenvalue weighted by atomic mass is 35.5. The number of nitrogens with zero attached hydrogens (tertiary/aromatic N) is 2. The zero-order valence-corrected chi connectivity index (χ0v) is 12.3. The van der Waals surface area contributed by atoms with Gasteiger partial charge in [-0.1, -0.05) is 43.7 Å². The van der Waals surface area contributed by atoms with Gasteiger partial charge in [-0.3, -0.25) is 4.68 Å². The molecule has 0 aliphatic heterocycles. The lowest BCUT2D eigenvalue weighted by Crippen LogP contribution is -2.43. The van der Waals surface area contributed by atoms with Gasteiger partial charge in [0.05, 0.1) is 16.4 Å². The molecule has 0 amide bonds. The molecule has 0 bridgehead atoms. The van der Waals surface area contributed by atoms with Crippen LogP contribution < -0.4 is 5.73 Å². The van der Waals surface area contributed by atoms with Gasteiger partial charge in [0.1, 0.15) is 0 Å². The van der Waals surface area contributed by atoms with Gasteiger partial charge in [0.2, 0.25) is 0 Å². The van der Waals surface area contributed by atoms with E-state index >= 15 is 0 Å². The first-order valence-electron chi connectivity index (χ1n) is 6.99. The smallest absolute Gasteiger partial charge is 0.0847 e. The van der Waals surface area contributed by atoms with E-state index in [-0.39, 0.29) is 5.54 Å². The van der Waals surface area contributed by atoms with Crippen molar-refractivity contribution in [2.24, 2.45) is 12.8 Å². The SMILES string of the molecule is Cc1nn(C)c(CC2(N)CCCCCCC2)c1Cl. The van der Waals surface area contributed by atoms with E-state index in [1.54, 1.807) is 0 Å². The highest BCUT2D eigenvalue weighted by Crippen LogP contribution is 2.30. The maximum atomic E-state index is 6.61. The summed E-state index contributed by atoms with van der Waals surface area (Å²) in [4.78, 5) is 0. The molecule has 1 aliphatic carbocycles. The summed E-state index contributed by atoms with van der Waals surface area (Å²) in [5.41, 5.74) is 8.52. The lowest BCUT2D eigenvalue weighted by atomic mass is 9.81. The van der Waals surface area contributed by atoms with Crippen LogP contribution in [0.15, 0.2) is 0 Å². The van der Waals surface area contributed by atoms with Crippen LogP contribution in [0.4, 0.5) is 0 Å². The molecular formula is C14H24ClN3. The molecule has 1 fully saturated rings. The van der Waals surface area contributed by atoms with Gasteiger partial charge < -0.3 is 5.73 Å². The number of hydrogen-bond acceptors (Lipinski definition) is 2. The van der Waals surface area contributed by atoms with Gasteiger partial charge in [0.15, 0.2) is 0 Å². The van der Waals surface area contributed by atoms with E-state index in [0.717, 1.165) is 35.7 Å². The van der Waals surface area contributed by atoms with Crippen LogP contribution in [0.5, 0.6) is 0 Å². The van der Waals surface area contributed by atoms with E-state index in [0.29, 0.717) is 0 Å². The molecule has 3 nitrogen and oxygen atoms in total. The summed E-state index contributed by atoms with van der Waals surface area (Å²) >= 11 is 6.33. The minimum Gasteiger partial charge on any atom is -0.325 e. The molecule has 102 valence electrons. The second kappa shape index (κ2) is 5.62. The third kappa shape index (κ3) is 3.07. The Morgan fingerprint density at radius 3 is 2.28 bits per heavy atom. The first kappa shape index (κ1) is 13.9. The zero-order valence-electron chi connectivity index (χ0n) is 11.5. The predicted octanol–water partition coefficient (Wildman–Crippen LogP) is 3.37. The van der Waals surface area contributed by atoms with E-state index < -0.39 is 0 Å². The molecule has 1 heterocycles. The number of aryl methyl sites for hydroxylation is 2. The highest BCUT2D eigenvalue weighted by Gasteiger charge is 2.28. The maximum absolute atomic E-state index is 6.61. The molecule has 0 unspecified atom stereocenters. The molecule has 0 aromatic carbocycles. The first-order valence-corrected chi connectivity index (χ1v) is 7.36. The molecule has 1 aliphatic rings. The molecule has 1 aromatic heterocycles. The Morgan fingerprint density at radius 2 is 1.78 bits per heavy atom. The highest BCUT2D eigenvalue weighted by molar-refractivity contribution is 6.31. The van der Waals surface area contributed by atoms with Crippen molar-refractivity contribution in [1.29, 1.82) is 0 Å². The summed E-state index contributed by atoms with van der Waals surface area (Å²) in [6, 6.07) is 0. The fourth-order valence-electron chi connectivity index (χ4n) is 2.99. The van der Waals surface area contributed by atoms with E-state index in [9.17, 15) is 0 Å². The average Bonchev–Trinajstić information content (AvgIpc) is 2.52. The second-order valence-corrected chi connectivity index (χ2v) is 6.15. The number of aromatic nitrogens is 2. The molecule has 2 N–H and O–H groups in total. The monoisotopic (exact) mass is 269 g/mol. The Morgan fingerprint density at radius 1 is 1.22 bits per heavy atom. The molecule has 4 heteroatoms. The van der Waals surface area contributed by atoms with Gasteiger partial charge >= 0.3 is 0 Å². The van der Waals surface area contributed by atoms with E-state index in [1.807, 2.05) is 18.7 Å². The second-order valence-electron chi connectivity index (χ2n) is 5.78. The topological polar surface area (TPSA) is 43.8 Å². The van der Waals surface area contributed by atoms with Crippen molar-refractivity contribution in [3.05, 3.63) is 16.4 Å². The van der Waals surface area contributed by atoms with Gasteiger partial charge in [0.25, 0.3) is 0 Å². The van der Waals surface area contributed by atoms with Gasteiger partial charge in [-0.05, 0) is 19.8 Å². The third-order valence-electron chi connectivity index (χ3n) is 4.13. The van der Waals surface area contributed by atoms with Crippen LogP contribution in [-0.4, -0.2) is 15.3 Å². The molecule has 2 rings (SSSR count). The van der Waals surface area contributed by atoms with Crippen LogP contribution in [-0.2, 0) is 13.5 Å². The molecule has 0 spiro atoms. The van der Waals surface area contributed by atoms with Crippen LogP contribution in [0, 0.1) is 6.92 Å². The number of halogens is 1. The molecule has 0 radical (unpaired) electrons. The van der Waals surface area contributed by atoms with Gasteiger partial charge in [-0.25, -0.2) is 0 Å². The molecular weight excluding hydrogens is 246 g/mol. The molecule has 1 saturated carbocycles. The molecule has 18 heavy (non-hydrogen) atoms. The fourth-order valence-corrected chi connectivity index (χ4v) is 3.22. The fraction of sp³-hybridized carbons (Fsp3) is 0.786. The summed E-state index contributed by atoms with van der Waals surface area (Å²) in [5, 5.41) is 5.17. The van der Waals surface area contributed by atoms with Gasteiger partial charge in [-0.2, -0.15) is 5.10 Å². The molecule has 0 atom stereocenters. The van der Waals surface area contributed by atoms with Crippen LogP contribution >= 0.6 is 11.6 Å². The minimum atomic E-state index is -0.0930. The minimum absolute atomic E-state index is 0.0930. The normalized spacial score (nSPS) is 20.4. The van der Waals surface area contributed by atoms with Crippen molar-refractivity contribution in [2.45, 2.75) is 63.8 Å². The lowest BCUT2D eigenvalue weighted by molar-refractivity contribution is 0.309. The van der Waals surface area contributed by atoms with E-state index in [1.165, 1.54) is 32.1 Å². The molecule has 0 saturated heterocycles. The Kier molecular flexibility index (Phi) is 4.33. The van der Waals surface area contributed by atoms with Crippen molar-refractivity contribution in [3.8, 4) is 0 Å². The summed E-state index contributed by atoms with van der Waals surface area (Å²) in [5.74, 6) is 0. The summed E-state index contributed by atoms with van der Waals surface area (Å²) in [6.45, 7) is 1.95. The predicted molar refractivity (Wildman–Crippen MR) is 75.9 cm³/mol. The number of rotatable bonds is 2. The largest absolute Gasteiger partial charge is 0.325 e. The Hall–Kier alpha value is -0.540. The summed E-state index contributed by atoms with van der Waals surface area (Å²) in [7, 11) is 1.96. The standard InChI is InChI=1S/C14H24ClN3/c1-11-13(15)12(18(2)17-11)10-14(16)8-6-4-3-5-7-9-14/h3-10,16H2,1-2H3. The quantitative estimate of drug-likeness (QED) is 0.895. The lowest BCUT2D eigenvalue weighted by Gasteiger charge is -2.31. The van der Waals surface area contributed by atoms with Crippen molar-refractivity contribution in [2.75, 3.05) is 0 Å². The van der Waals surface area contributed by atoms with Crippen LogP contribution in [0.1, 0.15) is 56.3 Å². The summed E-state index contributed by atoms with van der Waals surface area (Å²) < 4.78 is 1.89. The van der Waals surface area contributed by atoms with Crippen molar-refractivity contribution in [1.82, 2.24) is 9.78 Å². The van der Waals surface area contributed by atoms with Crippen molar-refractivity contribution in [3.63, 3.8) is 0 Å². The Balaban J connectivity index is 2.14. The van der Waals surface area contributed by atoms with Crippen molar-refractivity contribution < 1.29 is 0 Å². The average molecular weight is 270 g/mol. The first-order chi connectivity index (χ1) is 8.52. The Bertz CT molecular complexity index is 403. The van der Waals surface area contributed by atoms with Gasteiger partial charge in [-0.15, -0.1) is 0 Å². The number of nitrogens with two attached hydrogens (primary N) is 1. The van der Waals surface area contributed by atoms with Gasteiger partial charge in [0, 0.05) is 19.0 Å². The maximum Gasteiger partial charge on any atom is 0.0847 e. The van der Waals surface area contributed by atoms with E-state index in [2.05, 4.69) is 5.10 Å². The van der Waals surface area contributed by atoms with Crippen LogP contribution in [0.3, 0.4) is 0 Å². The van der Waals surface area contributed by atoms with Crippen molar-refractivity contribution >= 4 is 11.6 Å². The number of hydrogen-bond donors (Lipinski definition) is 1. The summed E-state index contributed by atoms with van der Waals surface area (Å²) in [6.07, 6.45) is 9.54. The molecule has 1 aromatic rings. The van der Waals surface area contributed by atoms with Crippen LogP contribution in [0.25, 0.3) is 0 Å². The van der Waals surface area contributed by atoms with Crippen LogP contribution in [0.2, 0.25) is 5.02 Å². The zero-order chi connectivity index (χ0) is 13.2. The Labute approximate surface area is 115 Å². The van der Waals surface area contributed by atoms with E-state index in [4.69, 9.17) is 17.3 Å².